The SMILES string of the molecule is NCc1ccnc(CSc2cccc(Br)c2)n1. The van der Waals surface area contributed by atoms with E-state index in [0.29, 0.717) is 6.54 Å². The number of rotatable bonds is 4. The van der Waals surface area contributed by atoms with Crippen molar-refractivity contribution < 1.29 is 0 Å². The fourth-order valence-corrected chi connectivity index (χ4v) is 2.70. The first-order chi connectivity index (χ1) is 8.28. The second-order valence-corrected chi connectivity index (χ2v) is 5.38. The second-order valence-electron chi connectivity index (χ2n) is 3.41. The zero-order chi connectivity index (χ0) is 12.1. The molecule has 1 aromatic carbocycles. The fraction of sp³-hybridized carbons (Fsp3) is 0.167. The van der Waals surface area contributed by atoms with Crippen molar-refractivity contribution in [1.82, 2.24) is 9.97 Å². The van der Waals surface area contributed by atoms with Crippen LogP contribution in [0, 0.1) is 0 Å². The normalized spacial score (nSPS) is 10.5. The molecule has 1 heterocycles. The largest absolute Gasteiger partial charge is 0.325 e. The van der Waals surface area contributed by atoms with E-state index in [2.05, 4.69) is 38.0 Å². The molecule has 0 aliphatic carbocycles. The summed E-state index contributed by atoms with van der Waals surface area (Å²) < 4.78 is 1.08. The Balaban J connectivity index is 2.02. The van der Waals surface area contributed by atoms with Gasteiger partial charge in [-0.25, -0.2) is 9.97 Å². The lowest BCUT2D eigenvalue weighted by atomic mass is 10.4. The first kappa shape index (κ1) is 12.5. The van der Waals surface area contributed by atoms with Gasteiger partial charge in [-0.05, 0) is 24.3 Å². The molecule has 2 rings (SSSR count). The molecule has 0 saturated carbocycles. The number of halogens is 1. The average Bonchev–Trinajstić information content (AvgIpc) is 2.37. The maximum Gasteiger partial charge on any atom is 0.138 e. The number of nitrogens with zero attached hydrogens (tertiary/aromatic N) is 2. The summed E-state index contributed by atoms with van der Waals surface area (Å²) in [7, 11) is 0. The van der Waals surface area contributed by atoms with Crippen LogP contribution in [0.5, 0.6) is 0 Å². The highest BCUT2D eigenvalue weighted by Crippen LogP contribution is 2.24. The number of aromatic nitrogens is 2. The van der Waals surface area contributed by atoms with Crippen LogP contribution in [0.25, 0.3) is 0 Å². The van der Waals surface area contributed by atoms with Gasteiger partial charge in [0, 0.05) is 22.1 Å². The van der Waals surface area contributed by atoms with Crippen LogP contribution < -0.4 is 5.73 Å². The van der Waals surface area contributed by atoms with Crippen molar-refractivity contribution in [2.45, 2.75) is 17.2 Å². The standard InChI is InChI=1S/C12H12BrN3S/c13-9-2-1-3-11(6-9)17-8-12-15-5-4-10(7-14)16-12/h1-6H,7-8,14H2. The summed E-state index contributed by atoms with van der Waals surface area (Å²) >= 11 is 5.16. The minimum absolute atomic E-state index is 0.455. The molecule has 1 aromatic heterocycles. The van der Waals surface area contributed by atoms with Gasteiger partial charge < -0.3 is 5.73 Å². The Labute approximate surface area is 113 Å². The number of thioether (sulfide) groups is 1. The Morgan fingerprint density at radius 2 is 2.18 bits per heavy atom. The quantitative estimate of drug-likeness (QED) is 0.882. The molecular weight excluding hydrogens is 298 g/mol. The molecule has 5 heteroatoms. The molecule has 0 aliphatic heterocycles. The summed E-state index contributed by atoms with van der Waals surface area (Å²) in [4.78, 5) is 9.78. The van der Waals surface area contributed by atoms with Crippen LogP contribution in [-0.2, 0) is 12.3 Å². The Morgan fingerprint density at radius 1 is 1.29 bits per heavy atom. The molecule has 0 aliphatic rings. The average molecular weight is 310 g/mol. The Hall–Kier alpha value is -0.910. The Morgan fingerprint density at radius 3 is 2.94 bits per heavy atom. The second kappa shape index (κ2) is 6.14. The van der Waals surface area contributed by atoms with Gasteiger partial charge in [-0.15, -0.1) is 11.8 Å². The van der Waals surface area contributed by atoms with Gasteiger partial charge in [0.15, 0.2) is 0 Å². The molecule has 0 bridgehead atoms. The van der Waals surface area contributed by atoms with Crippen molar-refractivity contribution in [3.05, 3.63) is 52.5 Å². The van der Waals surface area contributed by atoms with Gasteiger partial charge in [-0.1, -0.05) is 22.0 Å². The fourth-order valence-electron chi connectivity index (χ4n) is 1.33. The van der Waals surface area contributed by atoms with E-state index in [1.807, 2.05) is 18.2 Å². The van der Waals surface area contributed by atoms with Gasteiger partial charge in [0.25, 0.3) is 0 Å². The summed E-state index contributed by atoms with van der Waals surface area (Å²) in [5, 5.41) is 0. The minimum atomic E-state index is 0.455. The van der Waals surface area contributed by atoms with Crippen LogP contribution in [0.3, 0.4) is 0 Å². The molecule has 0 amide bonds. The van der Waals surface area contributed by atoms with Crippen LogP contribution in [-0.4, -0.2) is 9.97 Å². The van der Waals surface area contributed by atoms with Gasteiger partial charge in [0.1, 0.15) is 5.82 Å². The Kier molecular flexibility index (Phi) is 4.53. The van der Waals surface area contributed by atoms with E-state index in [9.17, 15) is 0 Å². The van der Waals surface area contributed by atoms with E-state index < -0.39 is 0 Å². The van der Waals surface area contributed by atoms with E-state index in [-0.39, 0.29) is 0 Å². The van der Waals surface area contributed by atoms with Crippen molar-refractivity contribution in [2.75, 3.05) is 0 Å². The van der Waals surface area contributed by atoms with E-state index in [0.717, 1.165) is 21.7 Å². The third-order valence-electron chi connectivity index (χ3n) is 2.14. The van der Waals surface area contributed by atoms with Crippen LogP contribution >= 0.6 is 27.7 Å². The number of benzene rings is 1. The summed E-state index contributed by atoms with van der Waals surface area (Å²) in [5.74, 6) is 1.57. The lowest BCUT2D eigenvalue weighted by molar-refractivity contribution is 0.918. The molecule has 0 atom stereocenters. The number of hydrogen-bond donors (Lipinski definition) is 1. The van der Waals surface area contributed by atoms with E-state index in [1.165, 1.54) is 4.90 Å². The van der Waals surface area contributed by atoms with Gasteiger partial charge in [0.05, 0.1) is 11.4 Å². The van der Waals surface area contributed by atoms with Gasteiger partial charge in [0.2, 0.25) is 0 Å². The predicted molar refractivity (Wildman–Crippen MR) is 73.6 cm³/mol. The number of hydrogen-bond acceptors (Lipinski definition) is 4. The molecule has 17 heavy (non-hydrogen) atoms. The lowest BCUT2D eigenvalue weighted by Crippen LogP contribution is -2.02. The zero-order valence-corrected chi connectivity index (χ0v) is 11.5. The molecule has 2 N–H and O–H groups in total. The topological polar surface area (TPSA) is 51.8 Å². The predicted octanol–water partition coefficient (Wildman–Crippen LogP) is 2.99. The molecular formula is C12H12BrN3S. The highest BCUT2D eigenvalue weighted by atomic mass is 79.9. The van der Waals surface area contributed by atoms with Crippen LogP contribution in [0.1, 0.15) is 11.5 Å². The van der Waals surface area contributed by atoms with Crippen molar-refractivity contribution in [3.63, 3.8) is 0 Å². The maximum atomic E-state index is 5.54. The van der Waals surface area contributed by atoms with Crippen molar-refractivity contribution in [3.8, 4) is 0 Å². The molecule has 0 radical (unpaired) electrons. The molecule has 3 nitrogen and oxygen atoms in total. The summed E-state index contributed by atoms with van der Waals surface area (Å²) in [5.41, 5.74) is 6.42. The molecule has 0 spiro atoms. The molecule has 2 aromatic rings. The highest BCUT2D eigenvalue weighted by Gasteiger charge is 2.00. The monoisotopic (exact) mass is 309 g/mol. The van der Waals surface area contributed by atoms with Gasteiger partial charge >= 0.3 is 0 Å². The molecule has 88 valence electrons. The summed E-state index contributed by atoms with van der Waals surface area (Å²) in [6.07, 6.45) is 1.76. The summed E-state index contributed by atoms with van der Waals surface area (Å²) in [6.45, 7) is 0.455. The first-order valence-corrected chi connectivity index (χ1v) is 6.95. The Bertz CT molecular complexity index is 505. The van der Waals surface area contributed by atoms with Crippen LogP contribution in [0.4, 0.5) is 0 Å². The third-order valence-corrected chi connectivity index (χ3v) is 3.62. The van der Waals surface area contributed by atoms with Crippen molar-refractivity contribution in [1.29, 1.82) is 0 Å². The van der Waals surface area contributed by atoms with Crippen LogP contribution in [0.15, 0.2) is 45.9 Å². The summed E-state index contributed by atoms with van der Waals surface area (Å²) in [6, 6.07) is 10.0. The minimum Gasteiger partial charge on any atom is -0.325 e. The first-order valence-electron chi connectivity index (χ1n) is 5.17. The number of nitrogens with two attached hydrogens (primary N) is 1. The molecule has 0 unspecified atom stereocenters. The van der Waals surface area contributed by atoms with E-state index in [4.69, 9.17) is 5.73 Å². The highest BCUT2D eigenvalue weighted by molar-refractivity contribution is 9.10. The van der Waals surface area contributed by atoms with Crippen molar-refractivity contribution >= 4 is 27.7 Å². The maximum absolute atomic E-state index is 5.54. The molecule has 0 fully saturated rings. The van der Waals surface area contributed by atoms with Crippen LogP contribution in [0.2, 0.25) is 0 Å². The smallest absolute Gasteiger partial charge is 0.138 e. The van der Waals surface area contributed by atoms with E-state index >= 15 is 0 Å². The van der Waals surface area contributed by atoms with E-state index in [1.54, 1.807) is 18.0 Å². The lowest BCUT2D eigenvalue weighted by Gasteiger charge is -2.02. The zero-order valence-electron chi connectivity index (χ0n) is 9.14. The third kappa shape index (κ3) is 3.80. The van der Waals surface area contributed by atoms with Crippen molar-refractivity contribution in [2.24, 2.45) is 5.73 Å². The van der Waals surface area contributed by atoms with Gasteiger partial charge in [-0.3, -0.25) is 0 Å². The van der Waals surface area contributed by atoms with Gasteiger partial charge in [-0.2, -0.15) is 0 Å². The molecule has 0 saturated heterocycles.